The first-order valence-corrected chi connectivity index (χ1v) is 5.21. The Bertz CT molecular complexity index is 432. The summed E-state index contributed by atoms with van der Waals surface area (Å²) in [5.41, 5.74) is 0.748. The smallest absolute Gasteiger partial charge is 0.344 e. The van der Waals surface area contributed by atoms with Crippen LogP contribution in [0.3, 0.4) is 0 Å². The molecule has 0 aliphatic rings. The van der Waals surface area contributed by atoms with Crippen LogP contribution in [-0.2, 0) is 14.3 Å². The lowest BCUT2D eigenvalue weighted by Crippen LogP contribution is -2.11. The Balaban J connectivity index is 2.67. The molecule has 4 nitrogen and oxygen atoms in total. The highest BCUT2D eigenvalue weighted by molar-refractivity contribution is 5.72. The number of rotatable bonds is 5. The van der Waals surface area contributed by atoms with Crippen molar-refractivity contribution in [1.29, 1.82) is 5.26 Å². The molecule has 88 valence electrons. The van der Waals surface area contributed by atoms with E-state index >= 15 is 0 Å². The largest absolute Gasteiger partial charge is 0.481 e. The Labute approximate surface area is 100 Å². The summed E-state index contributed by atoms with van der Waals surface area (Å²) in [6.07, 6.45) is 1.26. The van der Waals surface area contributed by atoms with Gasteiger partial charge in [0.25, 0.3) is 0 Å². The third kappa shape index (κ3) is 4.39. The quantitative estimate of drug-likeness (QED) is 0.442. The van der Waals surface area contributed by atoms with E-state index in [1.807, 2.05) is 24.3 Å². The van der Waals surface area contributed by atoms with Crippen molar-refractivity contribution in [2.75, 3.05) is 13.2 Å². The lowest BCUT2D eigenvalue weighted by molar-refractivity contribution is -0.146. The number of esters is 1. The lowest BCUT2D eigenvalue weighted by atomic mass is 10.2. The van der Waals surface area contributed by atoms with E-state index in [1.165, 1.54) is 6.08 Å². The molecule has 0 amide bonds. The topological polar surface area (TPSA) is 59.3 Å². The van der Waals surface area contributed by atoms with Gasteiger partial charge in [0.05, 0.1) is 18.8 Å². The summed E-state index contributed by atoms with van der Waals surface area (Å²) in [6, 6.07) is 11.0. The molecule has 0 N–H and O–H groups in total. The van der Waals surface area contributed by atoms with Crippen molar-refractivity contribution in [1.82, 2.24) is 0 Å². The molecule has 0 heterocycles. The fourth-order valence-corrected chi connectivity index (χ4v) is 1.21. The first kappa shape index (κ1) is 12.8. The summed E-state index contributed by atoms with van der Waals surface area (Å²) in [5.74, 6) is -0.0894. The number of benzene rings is 1. The summed E-state index contributed by atoms with van der Waals surface area (Å²) in [7, 11) is 0. The van der Waals surface area contributed by atoms with E-state index in [2.05, 4.69) is 0 Å². The van der Waals surface area contributed by atoms with Crippen LogP contribution in [0, 0.1) is 11.3 Å². The Morgan fingerprint density at radius 3 is 2.65 bits per heavy atom. The minimum atomic E-state index is -0.452. The van der Waals surface area contributed by atoms with E-state index in [1.54, 1.807) is 19.1 Å². The molecule has 0 unspecified atom stereocenters. The van der Waals surface area contributed by atoms with Crippen LogP contribution in [0.15, 0.2) is 36.4 Å². The van der Waals surface area contributed by atoms with Gasteiger partial charge in [0.2, 0.25) is 0 Å². The maximum Gasteiger partial charge on any atom is 0.344 e. The predicted octanol–water partition coefficient (Wildman–Crippen LogP) is 2.13. The number of hydrogen-bond acceptors (Lipinski definition) is 4. The highest BCUT2D eigenvalue weighted by Crippen LogP contribution is 2.14. The fraction of sp³-hybridized carbons (Fsp3) is 0.231. The Kier molecular flexibility index (Phi) is 5.32. The highest BCUT2D eigenvalue weighted by atomic mass is 16.6. The van der Waals surface area contributed by atoms with Gasteiger partial charge < -0.3 is 9.47 Å². The minimum absolute atomic E-state index is 0.198. The van der Waals surface area contributed by atoms with Crippen molar-refractivity contribution < 1.29 is 14.3 Å². The average Bonchev–Trinajstić information content (AvgIpc) is 2.36. The van der Waals surface area contributed by atoms with Crippen molar-refractivity contribution >= 4 is 11.7 Å². The molecular formula is C13H13NO3. The van der Waals surface area contributed by atoms with E-state index in [-0.39, 0.29) is 6.61 Å². The van der Waals surface area contributed by atoms with Gasteiger partial charge in [-0.2, -0.15) is 5.26 Å². The molecule has 0 atom stereocenters. The normalized spacial score (nSPS) is 10.5. The first-order chi connectivity index (χ1) is 8.27. The van der Waals surface area contributed by atoms with Crippen molar-refractivity contribution in [2.45, 2.75) is 6.92 Å². The summed E-state index contributed by atoms with van der Waals surface area (Å²) < 4.78 is 9.98. The van der Waals surface area contributed by atoms with Crippen LogP contribution in [-0.4, -0.2) is 19.2 Å². The number of nitrogens with zero attached hydrogens (tertiary/aromatic N) is 1. The molecule has 1 aromatic carbocycles. The van der Waals surface area contributed by atoms with Gasteiger partial charge in [0.1, 0.15) is 5.76 Å². The lowest BCUT2D eigenvalue weighted by Gasteiger charge is -2.08. The Morgan fingerprint density at radius 2 is 2.06 bits per heavy atom. The van der Waals surface area contributed by atoms with Gasteiger partial charge in [-0.1, -0.05) is 30.3 Å². The molecule has 4 heteroatoms. The van der Waals surface area contributed by atoms with Crippen LogP contribution in [0.25, 0.3) is 5.76 Å². The van der Waals surface area contributed by atoms with Gasteiger partial charge >= 0.3 is 5.97 Å². The van der Waals surface area contributed by atoms with Crippen LogP contribution in [0.5, 0.6) is 0 Å². The van der Waals surface area contributed by atoms with Gasteiger partial charge in [-0.25, -0.2) is 4.79 Å². The molecule has 0 spiro atoms. The van der Waals surface area contributed by atoms with E-state index in [4.69, 9.17) is 14.7 Å². The zero-order valence-electron chi connectivity index (χ0n) is 9.55. The Morgan fingerprint density at radius 1 is 1.35 bits per heavy atom. The van der Waals surface area contributed by atoms with Crippen molar-refractivity contribution in [3.8, 4) is 6.07 Å². The van der Waals surface area contributed by atoms with Crippen LogP contribution < -0.4 is 0 Å². The molecule has 0 saturated heterocycles. The van der Waals surface area contributed by atoms with Crippen LogP contribution in [0.4, 0.5) is 0 Å². The van der Waals surface area contributed by atoms with Gasteiger partial charge in [-0.15, -0.1) is 0 Å². The van der Waals surface area contributed by atoms with Crippen molar-refractivity contribution in [2.24, 2.45) is 0 Å². The molecule has 1 aromatic rings. The van der Waals surface area contributed by atoms with Gasteiger partial charge in [-0.05, 0) is 6.92 Å². The number of hydrogen-bond donors (Lipinski definition) is 0. The molecule has 0 aliphatic carbocycles. The molecule has 17 heavy (non-hydrogen) atoms. The molecule has 1 rings (SSSR count). The van der Waals surface area contributed by atoms with Crippen molar-refractivity contribution in [3.63, 3.8) is 0 Å². The molecule has 0 radical (unpaired) electrons. The van der Waals surface area contributed by atoms with Gasteiger partial charge in [0, 0.05) is 5.56 Å². The van der Waals surface area contributed by atoms with Crippen molar-refractivity contribution in [3.05, 3.63) is 42.0 Å². The third-order valence-electron chi connectivity index (χ3n) is 1.90. The molecule has 0 aliphatic heterocycles. The predicted molar refractivity (Wildman–Crippen MR) is 62.6 cm³/mol. The average molecular weight is 231 g/mol. The zero-order chi connectivity index (χ0) is 12.5. The second-order valence-corrected chi connectivity index (χ2v) is 3.10. The number of nitriles is 1. The van der Waals surface area contributed by atoms with Crippen LogP contribution in [0.2, 0.25) is 0 Å². The maximum atomic E-state index is 11.1. The van der Waals surface area contributed by atoms with Crippen LogP contribution in [0.1, 0.15) is 12.5 Å². The summed E-state index contributed by atoms with van der Waals surface area (Å²) in [5, 5.41) is 8.64. The number of carbonyl (C=O) groups excluding carboxylic acids is 1. The van der Waals surface area contributed by atoms with E-state index in [9.17, 15) is 4.79 Å². The summed E-state index contributed by atoms with van der Waals surface area (Å²) in [6.45, 7) is 1.84. The molecule has 0 aromatic heterocycles. The number of allylic oxidation sites excluding steroid dienone is 1. The third-order valence-corrected chi connectivity index (χ3v) is 1.90. The zero-order valence-corrected chi connectivity index (χ0v) is 9.55. The minimum Gasteiger partial charge on any atom is -0.481 e. The van der Waals surface area contributed by atoms with Crippen LogP contribution >= 0.6 is 0 Å². The number of carbonyl (C=O) groups is 1. The standard InChI is InChI=1S/C13H13NO3/c1-2-16-13(15)10-17-12(8-9-14)11-6-4-3-5-7-11/h3-8H,2,10H2,1H3/b12-8-. The van der Waals surface area contributed by atoms with Gasteiger partial charge in [0.15, 0.2) is 6.61 Å². The second-order valence-electron chi connectivity index (χ2n) is 3.10. The van der Waals surface area contributed by atoms with E-state index < -0.39 is 5.97 Å². The molecule has 0 saturated carbocycles. The summed E-state index contributed by atoms with van der Waals surface area (Å²) >= 11 is 0. The fourth-order valence-electron chi connectivity index (χ4n) is 1.21. The van der Waals surface area contributed by atoms with E-state index in [0.29, 0.717) is 12.4 Å². The van der Waals surface area contributed by atoms with E-state index in [0.717, 1.165) is 5.56 Å². The molecule has 0 bridgehead atoms. The summed E-state index contributed by atoms with van der Waals surface area (Å²) in [4.78, 5) is 11.1. The highest BCUT2D eigenvalue weighted by Gasteiger charge is 2.06. The SMILES string of the molecule is CCOC(=O)CO/C(=C\C#N)c1ccccc1. The number of ether oxygens (including phenoxy) is 2. The monoisotopic (exact) mass is 231 g/mol. The Hall–Kier alpha value is -2.28. The first-order valence-electron chi connectivity index (χ1n) is 5.21. The van der Waals surface area contributed by atoms with Gasteiger partial charge in [-0.3, -0.25) is 0 Å². The molecule has 0 fully saturated rings. The maximum absolute atomic E-state index is 11.1. The second kappa shape index (κ2) is 7.07. The molecular weight excluding hydrogens is 218 g/mol.